The lowest BCUT2D eigenvalue weighted by Gasteiger charge is -2.32. The molecule has 0 radical (unpaired) electrons. The number of hydrogen-bond acceptors (Lipinski definition) is 4. The highest BCUT2D eigenvalue weighted by atomic mass is 16.5. The van der Waals surface area contributed by atoms with Crippen molar-refractivity contribution in [2.45, 2.75) is 39.7 Å². The summed E-state index contributed by atoms with van der Waals surface area (Å²) in [5, 5.41) is 2.89. The van der Waals surface area contributed by atoms with E-state index in [4.69, 9.17) is 4.74 Å². The highest BCUT2D eigenvalue weighted by Crippen LogP contribution is 2.12. The number of ether oxygens (including phenoxy) is 1. The minimum atomic E-state index is -0.260. The highest BCUT2D eigenvalue weighted by molar-refractivity contribution is 5.96. The van der Waals surface area contributed by atoms with E-state index in [1.54, 1.807) is 31.2 Å². The van der Waals surface area contributed by atoms with Crippen molar-refractivity contribution in [2.24, 2.45) is 5.92 Å². The van der Waals surface area contributed by atoms with Gasteiger partial charge in [-0.1, -0.05) is 0 Å². The molecule has 1 aromatic carbocycles. The molecule has 0 aliphatic carbocycles. The molecule has 2 N–H and O–H groups in total. The van der Waals surface area contributed by atoms with E-state index < -0.39 is 0 Å². The summed E-state index contributed by atoms with van der Waals surface area (Å²) in [6.45, 7) is 7.07. The Bertz CT molecular complexity index is 627. The Morgan fingerprint density at radius 2 is 1.96 bits per heavy atom. The predicted octanol–water partition coefficient (Wildman–Crippen LogP) is 1.07. The summed E-state index contributed by atoms with van der Waals surface area (Å²) in [5.41, 5.74) is 1.28. The monoisotopic (exact) mass is 347 g/mol. The fraction of sp³-hybridized carbons (Fsp3) is 0.526. The minimum Gasteiger partial charge on any atom is -0.466 e. The number of amides is 1. The molecule has 0 bridgehead atoms. The van der Waals surface area contributed by atoms with E-state index in [0.717, 1.165) is 24.3 Å². The molecular formula is C19H27N2O4+. The maximum absolute atomic E-state index is 12.5. The second-order valence-electron chi connectivity index (χ2n) is 6.55. The first-order valence-electron chi connectivity index (χ1n) is 8.85. The number of ketones is 1. The number of piperidine rings is 1. The molecule has 3 atom stereocenters. The highest BCUT2D eigenvalue weighted by Gasteiger charge is 2.34. The molecule has 1 aliphatic rings. The van der Waals surface area contributed by atoms with Crippen LogP contribution in [0.3, 0.4) is 0 Å². The van der Waals surface area contributed by atoms with Crippen LogP contribution in [0, 0.1) is 5.92 Å². The van der Waals surface area contributed by atoms with E-state index in [1.807, 2.05) is 6.92 Å². The van der Waals surface area contributed by atoms with Crippen LogP contribution in [0.1, 0.15) is 44.0 Å². The van der Waals surface area contributed by atoms with Gasteiger partial charge >= 0.3 is 5.97 Å². The van der Waals surface area contributed by atoms with Gasteiger partial charge in [0.2, 0.25) is 0 Å². The molecule has 1 saturated heterocycles. The Morgan fingerprint density at radius 1 is 1.28 bits per heavy atom. The number of nitrogens with one attached hydrogen (secondary N) is 2. The average molecular weight is 347 g/mol. The van der Waals surface area contributed by atoms with Crippen LogP contribution in [0.15, 0.2) is 24.3 Å². The maximum atomic E-state index is 12.5. The molecule has 0 spiro atoms. The van der Waals surface area contributed by atoms with E-state index in [-0.39, 0.29) is 29.6 Å². The number of esters is 1. The lowest BCUT2D eigenvalue weighted by molar-refractivity contribution is -0.921. The molecule has 2 rings (SSSR count). The molecule has 0 aromatic heterocycles. The molecule has 1 heterocycles. The lowest BCUT2D eigenvalue weighted by atomic mass is 9.97. The van der Waals surface area contributed by atoms with Crippen molar-refractivity contribution < 1.29 is 24.0 Å². The van der Waals surface area contributed by atoms with E-state index in [9.17, 15) is 14.4 Å². The number of rotatable bonds is 6. The van der Waals surface area contributed by atoms with Gasteiger partial charge in [-0.15, -0.1) is 0 Å². The zero-order valence-electron chi connectivity index (χ0n) is 15.1. The molecule has 25 heavy (non-hydrogen) atoms. The van der Waals surface area contributed by atoms with Gasteiger partial charge in [-0.05, 0) is 57.9 Å². The van der Waals surface area contributed by atoms with Gasteiger partial charge in [-0.25, -0.2) is 0 Å². The topological polar surface area (TPSA) is 76.9 Å². The number of Topliss-reactive ketones (excluding diaryl/α,β-unsaturated/α-hetero) is 1. The van der Waals surface area contributed by atoms with Crippen LogP contribution >= 0.6 is 0 Å². The zero-order valence-corrected chi connectivity index (χ0v) is 15.1. The van der Waals surface area contributed by atoms with E-state index in [0.29, 0.717) is 24.4 Å². The maximum Gasteiger partial charge on any atom is 0.314 e. The number of carbonyl (C=O) groups is 3. The van der Waals surface area contributed by atoms with Crippen molar-refractivity contribution in [2.75, 3.05) is 25.0 Å². The van der Waals surface area contributed by atoms with Crippen molar-refractivity contribution in [1.29, 1.82) is 0 Å². The molecule has 0 saturated carbocycles. The number of hydrogen-bond donors (Lipinski definition) is 2. The molecular weight excluding hydrogens is 320 g/mol. The van der Waals surface area contributed by atoms with Crippen molar-refractivity contribution >= 4 is 23.3 Å². The number of likely N-dealkylation sites (tertiary alicyclic amines) is 1. The smallest absolute Gasteiger partial charge is 0.314 e. The predicted molar refractivity (Wildman–Crippen MR) is 94.6 cm³/mol. The van der Waals surface area contributed by atoms with Crippen molar-refractivity contribution in [3.8, 4) is 0 Å². The van der Waals surface area contributed by atoms with E-state index >= 15 is 0 Å². The number of benzene rings is 1. The summed E-state index contributed by atoms with van der Waals surface area (Å²) < 4.78 is 5.12. The van der Waals surface area contributed by atoms with Gasteiger partial charge in [-0.2, -0.15) is 0 Å². The minimum absolute atomic E-state index is 0.00554. The van der Waals surface area contributed by atoms with Crippen LogP contribution in [-0.4, -0.2) is 43.4 Å². The van der Waals surface area contributed by atoms with Gasteiger partial charge in [0.25, 0.3) is 5.91 Å². The number of anilines is 1. The quantitative estimate of drug-likeness (QED) is 0.596. The van der Waals surface area contributed by atoms with E-state index in [2.05, 4.69) is 5.32 Å². The van der Waals surface area contributed by atoms with Crippen molar-refractivity contribution in [3.63, 3.8) is 0 Å². The standard InChI is InChI=1S/C19H26N2O4/c1-4-25-19(24)16-6-5-11-21(12-16)13(2)18(23)20-17-9-7-15(8-10-17)14(3)22/h7-10,13,16H,4-6,11-12H2,1-3H3,(H,20,23)/p+1/t13-,16+/m0/s1. The van der Waals surface area contributed by atoms with Gasteiger partial charge in [0, 0.05) is 11.3 Å². The molecule has 1 amide bonds. The molecule has 6 heteroatoms. The van der Waals surface area contributed by atoms with Gasteiger partial charge in [0.1, 0.15) is 5.92 Å². The van der Waals surface area contributed by atoms with Gasteiger partial charge in [0.15, 0.2) is 11.8 Å². The fourth-order valence-corrected chi connectivity index (χ4v) is 3.17. The van der Waals surface area contributed by atoms with E-state index in [1.165, 1.54) is 6.92 Å². The Labute approximate surface area is 148 Å². The summed E-state index contributed by atoms with van der Waals surface area (Å²) >= 11 is 0. The Morgan fingerprint density at radius 3 is 2.56 bits per heavy atom. The third-order valence-electron chi connectivity index (χ3n) is 4.74. The zero-order chi connectivity index (χ0) is 18.4. The fourth-order valence-electron chi connectivity index (χ4n) is 3.17. The Kier molecular flexibility index (Phi) is 6.70. The SMILES string of the molecule is CCOC(=O)[C@@H]1CCC[NH+]([C@@H](C)C(=O)Nc2ccc(C(C)=O)cc2)C1. The molecule has 1 aromatic rings. The van der Waals surface area contributed by atoms with Crippen molar-refractivity contribution in [3.05, 3.63) is 29.8 Å². The second kappa shape index (κ2) is 8.76. The average Bonchev–Trinajstić information content (AvgIpc) is 2.61. The summed E-state index contributed by atoms with van der Waals surface area (Å²) in [7, 11) is 0. The van der Waals surface area contributed by atoms with Crippen molar-refractivity contribution in [1.82, 2.24) is 0 Å². The summed E-state index contributed by atoms with van der Waals surface area (Å²) in [6.07, 6.45) is 1.73. The van der Waals surface area contributed by atoms with Crippen LogP contribution in [0.5, 0.6) is 0 Å². The Hall–Kier alpha value is -2.21. The third kappa shape index (κ3) is 5.13. The summed E-state index contributed by atoms with van der Waals surface area (Å²) in [6, 6.07) is 6.60. The molecule has 1 aliphatic heterocycles. The summed E-state index contributed by atoms with van der Waals surface area (Å²) in [4.78, 5) is 36.9. The number of quaternary nitrogens is 1. The molecule has 1 unspecified atom stereocenters. The lowest BCUT2D eigenvalue weighted by Crippen LogP contribution is -3.18. The van der Waals surface area contributed by atoms with Gasteiger partial charge in [-0.3, -0.25) is 14.4 Å². The molecule has 6 nitrogen and oxygen atoms in total. The normalized spacial score (nSPS) is 21.2. The van der Waals surface area contributed by atoms with Crippen LogP contribution in [0.4, 0.5) is 5.69 Å². The molecule has 136 valence electrons. The van der Waals surface area contributed by atoms with Crippen LogP contribution in [0.2, 0.25) is 0 Å². The third-order valence-corrected chi connectivity index (χ3v) is 4.74. The Balaban J connectivity index is 1.94. The summed E-state index contributed by atoms with van der Waals surface area (Å²) in [5.74, 6) is -0.384. The van der Waals surface area contributed by atoms with Crippen LogP contribution in [0.25, 0.3) is 0 Å². The van der Waals surface area contributed by atoms with Crippen LogP contribution < -0.4 is 10.2 Å². The van der Waals surface area contributed by atoms with Gasteiger partial charge < -0.3 is 15.0 Å². The second-order valence-corrected chi connectivity index (χ2v) is 6.55. The van der Waals surface area contributed by atoms with Crippen LogP contribution in [-0.2, 0) is 14.3 Å². The largest absolute Gasteiger partial charge is 0.466 e. The number of carbonyl (C=O) groups excluding carboxylic acids is 3. The van der Waals surface area contributed by atoms with Gasteiger partial charge in [0.05, 0.1) is 19.7 Å². The first-order valence-corrected chi connectivity index (χ1v) is 8.85. The first-order chi connectivity index (χ1) is 11.9. The molecule has 1 fully saturated rings. The first kappa shape index (κ1) is 19.1.